The summed E-state index contributed by atoms with van der Waals surface area (Å²) < 4.78 is 0. The average molecular weight is 339 g/mol. The zero-order valence-electron chi connectivity index (χ0n) is 14.5. The fourth-order valence-electron chi connectivity index (χ4n) is 3.85. The van der Waals surface area contributed by atoms with Crippen molar-refractivity contribution in [1.82, 2.24) is 10.2 Å². The number of nitrogens with zero attached hydrogens (tertiary/aromatic N) is 2. The highest BCUT2D eigenvalue weighted by atomic mass is 16.2. The lowest BCUT2D eigenvalue weighted by Crippen LogP contribution is -2.48. The molecule has 1 aromatic rings. The van der Waals surface area contributed by atoms with E-state index in [2.05, 4.69) is 11.4 Å². The Labute approximate surface area is 149 Å². The highest BCUT2D eigenvalue weighted by Gasteiger charge is 2.29. The van der Waals surface area contributed by atoms with Gasteiger partial charge in [-0.2, -0.15) is 5.26 Å². The predicted octanol–water partition coefficient (Wildman–Crippen LogP) is 2.86. The molecule has 5 heteroatoms. The standard InChI is InChI=1S/C20H25N3O2/c21-14-15-5-4-8-17(13-15)19(24)22-18-9-11-23(12-10-18)20(25)16-6-2-1-3-7-16/h4-5,8,13,16,18H,1-3,6-7,9-12H2,(H,22,24). The van der Waals surface area contributed by atoms with Crippen molar-refractivity contribution >= 4 is 11.8 Å². The van der Waals surface area contributed by atoms with Crippen molar-refractivity contribution in [1.29, 1.82) is 5.26 Å². The van der Waals surface area contributed by atoms with E-state index in [4.69, 9.17) is 5.26 Å². The number of likely N-dealkylation sites (tertiary alicyclic amines) is 1. The first kappa shape index (κ1) is 17.5. The molecule has 1 saturated carbocycles. The van der Waals surface area contributed by atoms with Gasteiger partial charge in [0.1, 0.15) is 0 Å². The van der Waals surface area contributed by atoms with Crippen LogP contribution in [0, 0.1) is 17.2 Å². The largest absolute Gasteiger partial charge is 0.349 e. The highest BCUT2D eigenvalue weighted by Crippen LogP contribution is 2.26. The number of rotatable bonds is 3. The summed E-state index contributed by atoms with van der Waals surface area (Å²) in [6.45, 7) is 1.44. The first-order valence-corrected chi connectivity index (χ1v) is 9.27. The maximum Gasteiger partial charge on any atom is 0.251 e. The van der Waals surface area contributed by atoms with Gasteiger partial charge in [0.2, 0.25) is 5.91 Å². The van der Waals surface area contributed by atoms with Gasteiger partial charge in [-0.15, -0.1) is 0 Å². The lowest BCUT2D eigenvalue weighted by Gasteiger charge is -2.35. The number of carbonyl (C=O) groups excluding carboxylic acids is 2. The minimum absolute atomic E-state index is 0.0913. The topological polar surface area (TPSA) is 73.2 Å². The average Bonchev–Trinajstić information content (AvgIpc) is 2.68. The van der Waals surface area contributed by atoms with Crippen molar-refractivity contribution < 1.29 is 9.59 Å². The van der Waals surface area contributed by atoms with Gasteiger partial charge in [-0.25, -0.2) is 0 Å². The molecule has 1 heterocycles. The van der Waals surface area contributed by atoms with Crippen molar-refractivity contribution in [3.63, 3.8) is 0 Å². The molecule has 0 spiro atoms. The minimum atomic E-state index is -0.144. The van der Waals surface area contributed by atoms with Crippen LogP contribution in [0.4, 0.5) is 0 Å². The molecule has 2 aliphatic rings. The van der Waals surface area contributed by atoms with Crippen LogP contribution in [-0.4, -0.2) is 35.8 Å². The summed E-state index contributed by atoms with van der Waals surface area (Å²) in [7, 11) is 0. The second-order valence-corrected chi connectivity index (χ2v) is 7.10. The van der Waals surface area contributed by atoms with Crippen LogP contribution >= 0.6 is 0 Å². The maximum atomic E-state index is 12.6. The second kappa shape index (κ2) is 8.15. The van der Waals surface area contributed by atoms with Gasteiger partial charge >= 0.3 is 0 Å². The van der Waals surface area contributed by atoms with Crippen molar-refractivity contribution in [3.05, 3.63) is 35.4 Å². The molecule has 2 amide bonds. The maximum absolute atomic E-state index is 12.6. The molecule has 1 aliphatic heterocycles. The number of hydrogen-bond acceptors (Lipinski definition) is 3. The number of nitriles is 1. The molecule has 25 heavy (non-hydrogen) atoms. The van der Waals surface area contributed by atoms with E-state index in [1.165, 1.54) is 19.3 Å². The molecule has 3 rings (SSSR count). The van der Waals surface area contributed by atoms with Gasteiger partial charge in [0.15, 0.2) is 0 Å². The first-order chi connectivity index (χ1) is 12.2. The molecule has 1 N–H and O–H groups in total. The summed E-state index contributed by atoms with van der Waals surface area (Å²) in [6, 6.07) is 8.88. The van der Waals surface area contributed by atoms with Crippen molar-refractivity contribution in [3.8, 4) is 6.07 Å². The third-order valence-corrected chi connectivity index (χ3v) is 5.35. The summed E-state index contributed by atoms with van der Waals surface area (Å²) in [4.78, 5) is 26.9. The van der Waals surface area contributed by atoms with E-state index < -0.39 is 0 Å². The van der Waals surface area contributed by atoms with E-state index in [0.717, 1.165) is 38.8 Å². The Morgan fingerprint density at radius 3 is 2.48 bits per heavy atom. The quantitative estimate of drug-likeness (QED) is 0.920. The number of nitrogens with one attached hydrogen (secondary N) is 1. The van der Waals surface area contributed by atoms with Crippen LogP contribution in [0.5, 0.6) is 0 Å². The lowest BCUT2D eigenvalue weighted by molar-refractivity contribution is -0.137. The van der Waals surface area contributed by atoms with Crippen LogP contribution < -0.4 is 5.32 Å². The molecule has 0 atom stereocenters. The summed E-state index contributed by atoms with van der Waals surface area (Å²) >= 11 is 0. The molecule has 1 aliphatic carbocycles. The van der Waals surface area contributed by atoms with Crippen LogP contribution in [0.15, 0.2) is 24.3 Å². The molecule has 132 valence electrons. The number of hydrogen-bond donors (Lipinski definition) is 1. The SMILES string of the molecule is N#Cc1cccc(C(=O)NC2CCN(C(=O)C3CCCCC3)CC2)c1. The zero-order chi connectivity index (χ0) is 17.6. The van der Waals surface area contributed by atoms with E-state index >= 15 is 0 Å². The van der Waals surface area contributed by atoms with E-state index in [9.17, 15) is 9.59 Å². The normalized spacial score (nSPS) is 19.2. The molecule has 0 bridgehead atoms. The van der Waals surface area contributed by atoms with E-state index in [0.29, 0.717) is 17.0 Å². The molecule has 0 aromatic heterocycles. The Balaban J connectivity index is 1.49. The zero-order valence-corrected chi connectivity index (χ0v) is 14.5. The fraction of sp³-hybridized carbons (Fsp3) is 0.550. The molecule has 0 radical (unpaired) electrons. The molecule has 2 fully saturated rings. The Morgan fingerprint density at radius 1 is 1.08 bits per heavy atom. The monoisotopic (exact) mass is 339 g/mol. The Morgan fingerprint density at radius 2 is 1.80 bits per heavy atom. The van der Waals surface area contributed by atoms with E-state index in [-0.39, 0.29) is 17.9 Å². The molecule has 5 nitrogen and oxygen atoms in total. The van der Waals surface area contributed by atoms with E-state index in [1.54, 1.807) is 24.3 Å². The smallest absolute Gasteiger partial charge is 0.251 e. The lowest BCUT2D eigenvalue weighted by atomic mass is 9.87. The molecular formula is C20H25N3O2. The van der Waals surface area contributed by atoms with Gasteiger partial charge < -0.3 is 10.2 Å². The van der Waals surface area contributed by atoms with Crippen molar-refractivity contribution in [2.45, 2.75) is 51.0 Å². The number of piperidine rings is 1. The van der Waals surface area contributed by atoms with Gasteiger partial charge in [-0.3, -0.25) is 9.59 Å². The van der Waals surface area contributed by atoms with Gasteiger partial charge in [-0.1, -0.05) is 25.3 Å². The van der Waals surface area contributed by atoms with Crippen molar-refractivity contribution in [2.75, 3.05) is 13.1 Å². The summed E-state index contributed by atoms with van der Waals surface area (Å²) in [5.41, 5.74) is 1.00. The third-order valence-electron chi connectivity index (χ3n) is 5.35. The van der Waals surface area contributed by atoms with Crippen LogP contribution in [0.1, 0.15) is 60.9 Å². The summed E-state index contributed by atoms with van der Waals surface area (Å²) in [5, 5.41) is 12.0. The molecular weight excluding hydrogens is 314 g/mol. The molecule has 1 saturated heterocycles. The predicted molar refractivity (Wildman–Crippen MR) is 94.8 cm³/mol. The van der Waals surface area contributed by atoms with Crippen molar-refractivity contribution in [2.24, 2.45) is 5.92 Å². The second-order valence-electron chi connectivity index (χ2n) is 7.10. The van der Waals surface area contributed by atoms with Gasteiger partial charge in [0.25, 0.3) is 5.91 Å². The van der Waals surface area contributed by atoms with E-state index in [1.807, 2.05) is 4.90 Å². The Kier molecular flexibility index (Phi) is 5.70. The van der Waals surface area contributed by atoms with Gasteiger partial charge in [0.05, 0.1) is 11.6 Å². The van der Waals surface area contributed by atoms with Gasteiger partial charge in [0, 0.05) is 30.6 Å². The Hall–Kier alpha value is -2.35. The van der Waals surface area contributed by atoms with Crippen LogP contribution in [0.2, 0.25) is 0 Å². The van der Waals surface area contributed by atoms with Crippen LogP contribution in [0.3, 0.4) is 0 Å². The highest BCUT2D eigenvalue weighted by molar-refractivity contribution is 5.94. The minimum Gasteiger partial charge on any atom is -0.349 e. The number of benzene rings is 1. The van der Waals surface area contributed by atoms with Crippen LogP contribution in [-0.2, 0) is 4.79 Å². The first-order valence-electron chi connectivity index (χ1n) is 9.27. The fourth-order valence-corrected chi connectivity index (χ4v) is 3.85. The van der Waals surface area contributed by atoms with Crippen LogP contribution in [0.25, 0.3) is 0 Å². The van der Waals surface area contributed by atoms with Gasteiger partial charge in [-0.05, 0) is 43.9 Å². The molecule has 0 unspecified atom stereocenters. The number of amides is 2. The number of carbonyl (C=O) groups is 2. The Bertz CT molecular complexity index is 666. The summed E-state index contributed by atoms with van der Waals surface area (Å²) in [6.07, 6.45) is 7.25. The third kappa shape index (κ3) is 4.39. The summed E-state index contributed by atoms with van der Waals surface area (Å²) in [5.74, 6) is 0.383. The molecule has 1 aromatic carbocycles.